The fourth-order valence-corrected chi connectivity index (χ4v) is 2.62. The van der Waals surface area contributed by atoms with E-state index in [1.165, 1.54) is 6.07 Å². The topological polar surface area (TPSA) is 20.3 Å². The summed E-state index contributed by atoms with van der Waals surface area (Å²) in [6.07, 6.45) is 3.56. The van der Waals surface area contributed by atoms with Gasteiger partial charge in [0.2, 0.25) is 5.91 Å². The van der Waals surface area contributed by atoms with Crippen LogP contribution >= 0.6 is 15.9 Å². The highest BCUT2D eigenvalue weighted by atomic mass is 79.9. The summed E-state index contributed by atoms with van der Waals surface area (Å²) in [6, 6.07) is 3.17. The molecule has 0 unspecified atom stereocenters. The van der Waals surface area contributed by atoms with Crippen molar-refractivity contribution in [2.24, 2.45) is 0 Å². The maximum absolute atomic E-state index is 13.6. The zero-order valence-electron chi connectivity index (χ0n) is 9.80. The number of hydrogen-bond donors (Lipinski definition) is 0. The first-order chi connectivity index (χ1) is 8.09. The van der Waals surface area contributed by atoms with Gasteiger partial charge in [-0.2, -0.15) is 0 Å². The molecule has 1 aromatic carbocycles. The average molecular weight is 300 g/mol. The Balaban J connectivity index is 2.37. The molecule has 0 N–H and O–H groups in total. The highest BCUT2D eigenvalue weighted by Gasteiger charge is 2.20. The number of benzene rings is 1. The molecule has 1 amide bonds. The molecule has 1 heterocycles. The first kappa shape index (κ1) is 12.6. The van der Waals surface area contributed by atoms with Crippen LogP contribution in [0.3, 0.4) is 0 Å². The summed E-state index contributed by atoms with van der Waals surface area (Å²) in [6.45, 7) is 2.60. The van der Waals surface area contributed by atoms with Crippen LogP contribution in [0.25, 0.3) is 0 Å². The molecule has 2 nitrogen and oxygen atoms in total. The minimum absolute atomic E-state index is 0.104. The number of halogens is 2. The molecule has 0 spiro atoms. The number of amides is 1. The van der Waals surface area contributed by atoms with E-state index in [9.17, 15) is 9.18 Å². The molecule has 0 atom stereocenters. The summed E-state index contributed by atoms with van der Waals surface area (Å²) < 4.78 is 14.0. The molecule has 1 aliphatic heterocycles. The number of nitrogens with zero attached hydrogens (tertiary/aromatic N) is 1. The Morgan fingerprint density at radius 3 is 2.82 bits per heavy atom. The molecule has 0 radical (unpaired) electrons. The van der Waals surface area contributed by atoms with Gasteiger partial charge in [0.05, 0.1) is 4.47 Å². The summed E-state index contributed by atoms with van der Waals surface area (Å²) in [4.78, 5) is 13.7. The highest BCUT2D eigenvalue weighted by Crippen LogP contribution is 2.29. The monoisotopic (exact) mass is 299 g/mol. The standard InChI is InChI=1S/C13H15BrFNO/c1-9-7-10(14)11(15)8-12(9)16-6-4-2-3-5-13(16)17/h7-8H,2-6H2,1H3. The normalized spacial score (nSPS) is 17.1. The van der Waals surface area contributed by atoms with Crippen LogP contribution in [0.1, 0.15) is 31.2 Å². The summed E-state index contributed by atoms with van der Waals surface area (Å²) >= 11 is 3.16. The van der Waals surface area contributed by atoms with Crippen molar-refractivity contribution in [2.75, 3.05) is 11.4 Å². The predicted molar refractivity (Wildman–Crippen MR) is 69.7 cm³/mol. The third-order valence-corrected chi connectivity index (χ3v) is 3.71. The Morgan fingerprint density at radius 2 is 2.06 bits per heavy atom. The molecule has 1 fully saturated rings. The molecule has 1 aliphatic rings. The number of carbonyl (C=O) groups excluding carboxylic acids is 1. The van der Waals surface area contributed by atoms with Crippen LogP contribution in [-0.2, 0) is 4.79 Å². The molecule has 0 aliphatic carbocycles. The van der Waals surface area contributed by atoms with E-state index in [1.54, 1.807) is 11.0 Å². The van der Waals surface area contributed by atoms with E-state index in [0.717, 1.165) is 24.8 Å². The van der Waals surface area contributed by atoms with Crippen LogP contribution in [0.5, 0.6) is 0 Å². The van der Waals surface area contributed by atoms with Crippen molar-refractivity contribution >= 4 is 27.5 Å². The van der Waals surface area contributed by atoms with Gasteiger partial charge in [-0.05, 0) is 53.4 Å². The van der Waals surface area contributed by atoms with Gasteiger partial charge < -0.3 is 4.90 Å². The molecular weight excluding hydrogens is 285 g/mol. The molecule has 4 heteroatoms. The second kappa shape index (κ2) is 5.17. The van der Waals surface area contributed by atoms with E-state index in [2.05, 4.69) is 15.9 Å². The van der Waals surface area contributed by atoms with Crippen molar-refractivity contribution in [3.05, 3.63) is 28.0 Å². The molecule has 1 saturated heterocycles. The molecule has 0 saturated carbocycles. The van der Waals surface area contributed by atoms with Crippen molar-refractivity contribution in [3.63, 3.8) is 0 Å². The van der Waals surface area contributed by atoms with Gasteiger partial charge in [-0.3, -0.25) is 4.79 Å². The maximum atomic E-state index is 13.6. The van der Waals surface area contributed by atoms with Gasteiger partial charge in [-0.1, -0.05) is 6.42 Å². The van der Waals surface area contributed by atoms with Gasteiger partial charge in [0.25, 0.3) is 0 Å². The zero-order chi connectivity index (χ0) is 12.4. The summed E-state index contributed by atoms with van der Waals surface area (Å²) in [5.41, 5.74) is 1.63. The minimum atomic E-state index is -0.317. The van der Waals surface area contributed by atoms with Gasteiger partial charge >= 0.3 is 0 Å². The Kier molecular flexibility index (Phi) is 3.82. The fourth-order valence-electron chi connectivity index (χ4n) is 2.16. The Labute approximate surface area is 109 Å². The van der Waals surface area contributed by atoms with Crippen molar-refractivity contribution in [2.45, 2.75) is 32.6 Å². The Bertz CT molecular complexity index is 447. The van der Waals surface area contributed by atoms with E-state index >= 15 is 0 Å². The van der Waals surface area contributed by atoms with Crippen LogP contribution < -0.4 is 4.90 Å². The molecule has 1 aromatic rings. The van der Waals surface area contributed by atoms with Crippen molar-refractivity contribution in [1.29, 1.82) is 0 Å². The van der Waals surface area contributed by atoms with E-state index in [0.29, 0.717) is 23.1 Å². The highest BCUT2D eigenvalue weighted by molar-refractivity contribution is 9.10. The van der Waals surface area contributed by atoms with Crippen molar-refractivity contribution < 1.29 is 9.18 Å². The minimum Gasteiger partial charge on any atom is -0.312 e. The predicted octanol–water partition coefficient (Wildman–Crippen LogP) is 3.80. The third kappa shape index (κ3) is 2.68. The first-order valence-corrected chi connectivity index (χ1v) is 6.65. The van der Waals surface area contributed by atoms with Gasteiger partial charge in [-0.15, -0.1) is 0 Å². The molecule has 17 heavy (non-hydrogen) atoms. The summed E-state index contributed by atoms with van der Waals surface area (Å²) in [7, 11) is 0. The lowest BCUT2D eigenvalue weighted by molar-refractivity contribution is -0.118. The van der Waals surface area contributed by atoms with Crippen LogP contribution in [0.15, 0.2) is 16.6 Å². The molecule has 0 bridgehead atoms. The van der Waals surface area contributed by atoms with Crippen LogP contribution in [0, 0.1) is 12.7 Å². The molecule has 92 valence electrons. The second-order valence-electron chi connectivity index (χ2n) is 4.41. The molecule has 2 rings (SSSR count). The maximum Gasteiger partial charge on any atom is 0.226 e. The molecule has 0 aromatic heterocycles. The number of anilines is 1. The van der Waals surface area contributed by atoms with Gasteiger partial charge in [0.15, 0.2) is 0 Å². The Hall–Kier alpha value is -0.900. The second-order valence-corrected chi connectivity index (χ2v) is 5.26. The fraction of sp³-hybridized carbons (Fsp3) is 0.462. The lowest BCUT2D eigenvalue weighted by Crippen LogP contribution is -2.30. The lowest BCUT2D eigenvalue weighted by Gasteiger charge is -2.23. The van der Waals surface area contributed by atoms with Crippen molar-refractivity contribution in [1.82, 2.24) is 0 Å². The average Bonchev–Trinajstić information content (AvgIpc) is 2.49. The van der Waals surface area contributed by atoms with Gasteiger partial charge in [-0.25, -0.2) is 4.39 Å². The third-order valence-electron chi connectivity index (χ3n) is 3.10. The summed E-state index contributed by atoms with van der Waals surface area (Å²) in [5.74, 6) is -0.213. The van der Waals surface area contributed by atoms with Gasteiger partial charge in [0.1, 0.15) is 5.82 Å². The first-order valence-electron chi connectivity index (χ1n) is 5.85. The molecular formula is C13H15BrFNO. The van der Waals surface area contributed by atoms with Crippen LogP contribution in [0.2, 0.25) is 0 Å². The van der Waals surface area contributed by atoms with E-state index in [4.69, 9.17) is 0 Å². The van der Waals surface area contributed by atoms with Gasteiger partial charge in [0, 0.05) is 18.7 Å². The Morgan fingerprint density at radius 1 is 1.29 bits per heavy atom. The van der Waals surface area contributed by atoms with E-state index < -0.39 is 0 Å². The van der Waals surface area contributed by atoms with Crippen LogP contribution in [0.4, 0.5) is 10.1 Å². The number of carbonyl (C=O) groups is 1. The summed E-state index contributed by atoms with van der Waals surface area (Å²) in [5, 5.41) is 0. The zero-order valence-corrected chi connectivity index (χ0v) is 11.4. The number of rotatable bonds is 1. The lowest BCUT2D eigenvalue weighted by atomic mass is 10.1. The number of aryl methyl sites for hydroxylation is 1. The van der Waals surface area contributed by atoms with Crippen molar-refractivity contribution in [3.8, 4) is 0 Å². The number of hydrogen-bond acceptors (Lipinski definition) is 1. The quantitative estimate of drug-likeness (QED) is 0.772. The van der Waals surface area contributed by atoms with Crippen LogP contribution in [-0.4, -0.2) is 12.5 Å². The van der Waals surface area contributed by atoms with E-state index in [-0.39, 0.29) is 11.7 Å². The van der Waals surface area contributed by atoms with E-state index in [1.807, 2.05) is 6.92 Å². The SMILES string of the molecule is Cc1cc(Br)c(F)cc1N1CCCCCC1=O. The largest absolute Gasteiger partial charge is 0.312 e. The smallest absolute Gasteiger partial charge is 0.226 e.